The van der Waals surface area contributed by atoms with Crippen LogP contribution in [0.2, 0.25) is 10.0 Å². The zero-order valence-corrected chi connectivity index (χ0v) is 18.3. The number of rotatable bonds is 4. The first-order valence-corrected chi connectivity index (χ1v) is 10.1. The Hall–Kier alpha value is -3.95. The van der Waals surface area contributed by atoms with E-state index in [1.807, 2.05) is 0 Å². The van der Waals surface area contributed by atoms with Crippen LogP contribution in [0.15, 0.2) is 58.5 Å². The van der Waals surface area contributed by atoms with Gasteiger partial charge in [-0.1, -0.05) is 29.3 Å². The van der Waals surface area contributed by atoms with E-state index in [9.17, 15) is 24.5 Å². The van der Waals surface area contributed by atoms with Gasteiger partial charge >= 0.3 is 6.03 Å². The van der Waals surface area contributed by atoms with Crippen molar-refractivity contribution in [2.45, 2.75) is 6.92 Å². The maximum absolute atomic E-state index is 13.1. The van der Waals surface area contributed by atoms with Gasteiger partial charge in [-0.25, -0.2) is 9.69 Å². The Morgan fingerprint density at radius 1 is 1.06 bits per heavy atom. The molecule has 166 valence electrons. The largest absolute Gasteiger partial charge is 0.457 e. The molecule has 1 aliphatic heterocycles. The maximum atomic E-state index is 13.1. The molecule has 0 aliphatic carbocycles. The van der Waals surface area contributed by atoms with E-state index in [1.54, 1.807) is 19.1 Å². The van der Waals surface area contributed by atoms with Crippen molar-refractivity contribution in [1.29, 1.82) is 0 Å². The molecule has 2 heterocycles. The van der Waals surface area contributed by atoms with Crippen molar-refractivity contribution in [2.75, 3.05) is 4.90 Å². The quantitative estimate of drug-likeness (QED) is 0.236. The van der Waals surface area contributed by atoms with Crippen LogP contribution >= 0.6 is 23.2 Å². The number of nitrogens with zero attached hydrogens (tertiary/aromatic N) is 2. The SMILES string of the molecule is Cc1ccc(Cl)cc1N1C(=O)NC(=O)/C(=C\c2ccc(-c3ccc([N+](=O)[O-])cc3Cl)o2)C1=O. The fraction of sp³-hybridized carbons (Fsp3) is 0.0455. The maximum Gasteiger partial charge on any atom is 0.335 e. The molecule has 1 N–H and O–H groups in total. The molecule has 33 heavy (non-hydrogen) atoms. The number of hydrogen-bond donors (Lipinski definition) is 1. The van der Waals surface area contributed by atoms with Gasteiger partial charge in [0.15, 0.2) is 0 Å². The van der Waals surface area contributed by atoms with Crippen molar-refractivity contribution in [3.05, 3.63) is 85.6 Å². The number of non-ortho nitro benzene ring substituents is 1. The number of carbonyl (C=O) groups excluding carboxylic acids is 3. The standard InChI is InChI=1S/C22H13Cl2N3O6/c1-11-2-3-12(23)8-18(11)26-21(29)16(20(28)25-22(26)30)10-14-5-7-19(33-14)15-6-4-13(27(31)32)9-17(15)24/h2-10H,1H3,(H,25,28,30)/b16-10+. The van der Waals surface area contributed by atoms with Gasteiger partial charge in [-0.3, -0.25) is 25.0 Å². The number of nitro benzene ring substituents is 1. The summed E-state index contributed by atoms with van der Waals surface area (Å²) in [6, 6.07) is 10.7. The van der Waals surface area contributed by atoms with Gasteiger partial charge in [0.2, 0.25) is 0 Å². The summed E-state index contributed by atoms with van der Waals surface area (Å²) in [5.74, 6) is -1.33. The molecular formula is C22H13Cl2N3O6. The van der Waals surface area contributed by atoms with Crippen LogP contribution in [0.1, 0.15) is 11.3 Å². The number of amides is 4. The number of nitro groups is 1. The second-order valence-corrected chi connectivity index (χ2v) is 7.86. The lowest BCUT2D eigenvalue weighted by molar-refractivity contribution is -0.384. The predicted molar refractivity (Wildman–Crippen MR) is 121 cm³/mol. The van der Waals surface area contributed by atoms with Crippen LogP contribution in [-0.2, 0) is 9.59 Å². The lowest BCUT2D eigenvalue weighted by Gasteiger charge is -2.27. The van der Waals surface area contributed by atoms with Crippen molar-refractivity contribution in [3.8, 4) is 11.3 Å². The van der Waals surface area contributed by atoms with E-state index in [0.717, 1.165) is 4.90 Å². The third-order valence-electron chi connectivity index (χ3n) is 4.86. The number of furan rings is 1. The Kier molecular flexibility index (Phi) is 5.75. The average Bonchev–Trinajstić information content (AvgIpc) is 3.21. The highest BCUT2D eigenvalue weighted by Crippen LogP contribution is 2.33. The van der Waals surface area contributed by atoms with Gasteiger partial charge in [-0.2, -0.15) is 0 Å². The molecule has 3 aromatic rings. The van der Waals surface area contributed by atoms with Gasteiger partial charge in [-0.05, 0) is 48.9 Å². The number of nitrogens with one attached hydrogen (secondary N) is 1. The molecule has 0 unspecified atom stereocenters. The van der Waals surface area contributed by atoms with Crippen molar-refractivity contribution in [3.63, 3.8) is 0 Å². The lowest BCUT2D eigenvalue weighted by atomic mass is 10.1. The average molecular weight is 486 g/mol. The molecule has 2 aromatic carbocycles. The Bertz CT molecular complexity index is 1380. The van der Waals surface area contributed by atoms with Gasteiger partial charge in [0, 0.05) is 22.7 Å². The van der Waals surface area contributed by atoms with Crippen LogP contribution in [0.3, 0.4) is 0 Å². The Balaban J connectivity index is 1.69. The topological polar surface area (TPSA) is 123 Å². The number of carbonyl (C=O) groups is 3. The molecule has 4 amide bonds. The highest BCUT2D eigenvalue weighted by molar-refractivity contribution is 6.39. The molecule has 4 rings (SSSR count). The fourth-order valence-electron chi connectivity index (χ4n) is 3.23. The summed E-state index contributed by atoms with van der Waals surface area (Å²) < 4.78 is 5.67. The van der Waals surface area contributed by atoms with E-state index in [4.69, 9.17) is 27.6 Å². The molecule has 1 aliphatic rings. The van der Waals surface area contributed by atoms with E-state index in [1.165, 1.54) is 42.5 Å². The number of urea groups is 1. The minimum Gasteiger partial charge on any atom is -0.457 e. The van der Waals surface area contributed by atoms with Gasteiger partial charge in [0.05, 0.1) is 15.6 Å². The molecule has 0 radical (unpaired) electrons. The van der Waals surface area contributed by atoms with Crippen molar-refractivity contribution in [1.82, 2.24) is 5.32 Å². The van der Waals surface area contributed by atoms with Gasteiger partial charge in [0.1, 0.15) is 17.1 Å². The second kappa shape index (κ2) is 8.53. The van der Waals surface area contributed by atoms with E-state index in [-0.39, 0.29) is 33.5 Å². The van der Waals surface area contributed by atoms with E-state index < -0.39 is 22.8 Å². The third-order valence-corrected chi connectivity index (χ3v) is 5.40. The lowest BCUT2D eigenvalue weighted by Crippen LogP contribution is -2.54. The van der Waals surface area contributed by atoms with Crippen LogP contribution in [0.25, 0.3) is 17.4 Å². The highest BCUT2D eigenvalue weighted by atomic mass is 35.5. The van der Waals surface area contributed by atoms with Crippen LogP contribution in [0.5, 0.6) is 0 Å². The molecule has 1 saturated heterocycles. The number of aryl methyl sites for hydroxylation is 1. The zero-order chi connectivity index (χ0) is 23.9. The van der Waals surface area contributed by atoms with Crippen LogP contribution < -0.4 is 10.2 Å². The van der Waals surface area contributed by atoms with Crippen molar-refractivity contribution >= 4 is 58.5 Å². The molecule has 0 atom stereocenters. The summed E-state index contributed by atoms with van der Waals surface area (Å²) in [6.45, 7) is 1.69. The Morgan fingerprint density at radius 2 is 1.82 bits per heavy atom. The minimum atomic E-state index is -0.898. The molecule has 0 saturated carbocycles. The first kappa shape index (κ1) is 22.3. The number of barbiturate groups is 1. The first-order chi connectivity index (χ1) is 15.7. The first-order valence-electron chi connectivity index (χ1n) is 9.37. The predicted octanol–water partition coefficient (Wildman–Crippen LogP) is 5.14. The van der Waals surface area contributed by atoms with Gasteiger partial charge in [-0.15, -0.1) is 0 Å². The molecule has 0 spiro atoms. The third kappa shape index (κ3) is 4.23. The zero-order valence-electron chi connectivity index (χ0n) is 16.8. The van der Waals surface area contributed by atoms with Crippen molar-refractivity contribution in [2.24, 2.45) is 0 Å². The minimum absolute atomic E-state index is 0.0949. The van der Waals surface area contributed by atoms with Crippen LogP contribution in [0, 0.1) is 17.0 Å². The Morgan fingerprint density at radius 3 is 2.52 bits per heavy atom. The summed E-state index contributed by atoms with van der Waals surface area (Å²) in [5, 5.41) is 13.4. The van der Waals surface area contributed by atoms with E-state index in [2.05, 4.69) is 5.32 Å². The monoisotopic (exact) mass is 485 g/mol. The number of hydrogen-bond acceptors (Lipinski definition) is 6. The molecule has 9 nitrogen and oxygen atoms in total. The molecule has 11 heteroatoms. The number of imide groups is 2. The van der Waals surface area contributed by atoms with Gasteiger partial charge in [0.25, 0.3) is 17.5 Å². The summed E-state index contributed by atoms with van der Waals surface area (Å²) in [6.07, 6.45) is 1.19. The fourth-order valence-corrected chi connectivity index (χ4v) is 3.67. The summed E-state index contributed by atoms with van der Waals surface area (Å²) in [5.41, 5.74) is 0.719. The van der Waals surface area contributed by atoms with Crippen LogP contribution in [-0.4, -0.2) is 22.8 Å². The summed E-state index contributed by atoms with van der Waals surface area (Å²) >= 11 is 12.1. The second-order valence-electron chi connectivity index (χ2n) is 7.01. The normalized spacial score (nSPS) is 15.2. The smallest absolute Gasteiger partial charge is 0.335 e. The molecule has 1 fully saturated rings. The van der Waals surface area contributed by atoms with E-state index in [0.29, 0.717) is 16.1 Å². The molecule has 1 aromatic heterocycles. The van der Waals surface area contributed by atoms with Crippen LogP contribution in [0.4, 0.5) is 16.2 Å². The molecular weight excluding hydrogens is 473 g/mol. The number of anilines is 1. The number of benzene rings is 2. The van der Waals surface area contributed by atoms with Gasteiger partial charge < -0.3 is 4.42 Å². The molecule has 0 bridgehead atoms. The highest BCUT2D eigenvalue weighted by Gasteiger charge is 2.37. The summed E-state index contributed by atoms with van der Waals surface area (Å²) in [7, 11) is 0. The summed E-state index contributed by atoms with van der Waals surface area (Å²) in [4.78, 5) is 49.0. The van der Waals surface area contributed by atoms with Crippen molar-refractivity contribution < 1.29 is 23.7 Å². The van der Waals surface area contributed by atoms with E-state index >= 15 is 0 Å². The number of halogens is 2. The Labute approximate surface area is 196 Å².